The van der Waals surface area contributed by atoms with E-state index in [0.717, 1.165) is 0 Å². The van der Waals surface area contributed by atoms with Gasteiger partial charge in [0.1, 0.15) is 0 Å². The van der Waals surface area contributed by atoms with E-state index in [1.54, 1.807) is 27.7 Å². The second kappa shape index (κ2) is 7.56. The van der Waals surface area contributed by atoms with E-state index in [-0.39, 0.29) is 23.8 Å². The Balaban J connectivity index is 4.56. The molecule has 0 fully saturated rings. The number of carbonyl (C=O) groups excluding carboxylic acids is 2. The zero-order valence-electron chi connectivity index (χ0n) is 13.0. The van der Waals surface area contributed by atoms with Gasteiger partial charge in [0.2, 0.25) is 17.7 Å². The highest BCUT2D eigenvalue weighted by molar-refractivity contribution is 5.81. The van der Waals surface area contributed by atoms with Crippen LogP contribution in [0.5, 0.6) is 0 Å². The van der Waals surface area contributed by atoms with E-state index in [9.17, 15) is 19.8 Å². The SMILES string of the molecule is CC(C)NC(=O)[C@H](C)NC(O)(O)[C@H](C)NC(=O)C(C)C. The smallest absolute Gasteiger partial charge is 0.244 e. The van der Waals surface area contributed by atoms with E-state index in [1.165, 1.54) is 13.8 Å². The highest BCUT2D eigenvalue weighted by Gasteiger charge is 2.35. The van der Waals surface area contributed by atoms with Gasteiger partial charge in [0.05, 0.1) is 12.1 Å². The molecule has 0 unspecified atom stereocenters. The fourth-order valence-corrected chi connectivity index (χ4v) is 1.40. The molecule has 0 aliphatic rings. The van der Waals surface area contributed by atoms with Crippen molar-refractivity contribution >= 4 is 11.8 Å². The normalized spacial score (nSPS) is 15.1. The molecule has 0 radical (unpaired) electrons. The fourth-order valence-electron chi connectivity index (χ4n) is 1.40. The fraction of sp³-hybridized carbons (Fsp3) is 0.846. The Morgan fingerprint density at radius 3 is 1.80 bits per heavy atom. The quantitative estimate of drug-likeness (QED) is 0.398. The summed E-state index contributed by atoms with van der Waals surface area (Å²) < 4.78 is 0. The van der Waals surface area contributed by atoms with Crippen LogP contribution in [0.25, 0.3) is 0 Å². The lowest BCUT2D eigenvalue weighted by molar-refractivity contribution is -0.209. The first-order chi connectivity index (χ1) is 8.97. The predicted molar refractivity (Wildman–Crippen MR) is 75.5 cm³/mol. The van der Waals surface area contributed by atoms with Crippen LogP contribution in [-0.4, -0.2) is 46.1 Å². The molecule has 0 aliphatic carbocycles. The molecule has 2 atom stereocenters. The Morgan fingerprint density at radius 2 is 1.40 bits per heavy atom. The average Bonchev–Trinajstić information content (AvgIpc) is 2.26. The first-order valence-corrected chi connectivity index (χ1v) is 6.80. The molecule has 0 bridgehead atoms. The minimum Gasteiger partial charge on any atom is -0.353 e. The van der Waals surface area contributed by atoms with Crippen LogP contribution in [0.2, 0.25) is 0 Å². The van der Waals surface area contributed by atoms with Gasteiger partial charge in [-0.15, -0.1) is 0 Å². The van der Waals surface area contributed by atoms with Crippen LogP contribution in [0.15, 0.2) is 0 Å². The van der Waals surface area contributed by atoms with Crippen molar-refractivity contribution in [1.82, 2.24) is 16.0 Å². The summed E-state index contributed by atoms with van der Waals surface area (Å²) in [5, 5.41) is 27.3. The van der Waals surface area contributed by atoms with Crippen LogP contribution >= 0.6 is 0 Å². The number of aliphatic hydroxyl groups is 2. The molecule has 0 heterocycles. The monoisotopic (exact) mass is 289 g/mol. The van der Waals surface area contributed by atoms with E-state index in [2.05, 4.69) is 16.0 Å². The molecule has 7 heteroatoms. The van der Waals surface area contributed by atoms with Gasteiger partial charge in [0.15, 0.2) is 0 Å². The van der Waals surface area contributed by atoms with Crippen molar-refractivity contribution in [2.24, 2.45) is 5.92 Å². The Morgan fingerprint density at radius 1 is 0.900 bits per heavy atom. The Kier molecular flexibility index (Phi) is 7.12. The van der Waals surface area contributed by atoms with Crippen LogP contribution in [0, 0.1) is 5.92 Å². The van der Waals surface area contributed by atoms with Crippen LogP contribution < -0.4 is 16.0 Å². The molecule has 7 nitrogen and oxygen atoms in total. The van der Waals surface area contributed by atoms with Crippen LogP contribution in [-0.2, 0) is 9.59 Å². The first kappa shape index (κ1) is 18.8. The van der Waals surface area contributed by atoms with Gasteiger partial charge < -0.3 is 20.8 Å². The number of hydrogen-bond acceptors (Lipinski definition) is 5. The molecular weight excluding hydrogens is 262 g/mol. The maximum Gasteiger partial charge on any atom is 0.244 e. The van der Waals surface area contributed by atoms with Crippen molar-refractivity contribution in [3.8, 4) is 0 Å². The summed E-state index contributed by atoms with van der Waals surface area (Å²) in [6.45, 7) is 9.97. The standard InChI is InChI=1S/C13H27N3O4/c1-7(2)11(17)15-10(6)13(19,20)16-9(5)12(18)14-8(3)4/h7-10,16,19-20H,1-6H3,(H,14,18)(H,15,17)/t9-,10-/m0/s1. The molecule has 0 saturated heterocycles. The third kappa shape index (κ3) is 6.31. The molecule has 2 amide bonds. The topological polar surface area (TPSA) is 111 Å². The number of rotatable bonds is 7. The summed E-state index contributed by atoms with van der Waals surface area (Å²) in [7, 11) is 0. The summed E-state index contributed by atoms with van der Waals surface area (Å²) in [6, 6.07) is -1.82. The highest BCUT2D eigenvalue weighted by Crippen LogP contribution is 2.06. The molecule has 5 N–H and O–H groups in total. The van der Waals surface area contributed by atoms with E-state index in [4.69, 9.17) is 0 Å². The molecule has 0 spiro atoms. The molecule has 0 aromatic carbocycles. The maximum absolute atomic E-state index is 11.7. The van der Waals surface area contributed by atoms with Crippen molar-refractivity contribution in [2.45, 2.75) is 65.6 Å². The van der Waals surface area contributed by atoms with Gasteiger partial charge in [-0.3, -0.25) is 14.9 Å². The van der Waals surface area contributed by atoms with E-state index in [0.29, 0.717) is 0 Å². The lowest BCUT2D eigenvalue weighted by atomic mass is 10.1. The Labute approximate surface area is 120 Å². The number of hydrogen-bond donors (Lipinski definition) is 5. The van der Waals surface area contributed by atoms with E-state index in [1.807, 2.05) is 0 Å². The van der Waals surface area contributed by atoms with Crippen LogP contribution in [0.1, 0.15) is 41.5 Å². The zero-order chi connectivity index (χ0) is 16.1. The van der Waals surface area contributed by atoms with Crippen LogP contribution in [0.4, 0.5) is 0 Å². The van der Waals surface area contributed by atoms with Crippen LogP contribution in [0.3, 0.4) is 0 Å². The largest absolute Gasteiger partial charge is 0.353 e. The molecule has 0 rings (SSSR count). The predicted octanol–water partition coefficient (Wildman–Crippen LogP) is -0.712. The number of amides is 2. The van der Waals surface area contributed by atoms with Crippen molar-refractivity contribution in [1.29, 1.82) is 0 Å². The molecule has 118 valence electrons. The summed E-state index contributed by atoms with van der Waals surface area (Å²) in [5.41, 5.74) is 0. The van der Waals surface area contributed by atoms with Gasteiger partial charge in [-0.25, -0.2) is 0 Å². The van der Waals surface area contributed by atoms with E-state index >= 15 is 0 Å². The lowest BCUT2D eigenvalue weighted by Crippen LogP contribution is -2.64. The molecule has 0 aliphatic heterocycles. The average molecular weight is 289 g/mol. The number of nitrogens with one attached hydrogen (secondary N) is 3. The highest BCUT2D eigenvalue weighted by atomic mass is 16.5. The minimum absolute atomic E-state index is 0.0448. The maximum atomic E-state index is 11.7. The van der Waals surface area contributed by atoms with Crippen molar-refractivity contribution < 1.29 is 19.8 Å². The summed E-state index contributed by atoms with van der Waals surface area (Å²) in [4.78, 5) is 23.2. The Bertz CT molecular complexity index is 343. The zero-order valence-corrected chi connectivity index (χ0v) is 13.0. The third-order valence-corrected chi connectivity index (χ3v) is 2.74. The summed E-state index contributed by atoms with van der Waals surface area (Å²) >= 11 is 0. The molecular formula is C13H27N3O4. The second-order valence-corrected chi connectivity index (χ2v) is 5.64. The summed E-state index contributed by atoms with van der Waals surface area (Å²) in [6.07, 6.45) is 0. The molecule has 0 aromatic heterocycles. The first-order valence-electron chi connectivity index (χ1n) is 6.80. The van der Waals surface area contributed by atoms with Gasteiger partial charge >= 0.3 is 0 Å². The van der Waals surface area contributed by atoms with Gasteiger partial charge in [-0.2, -0.15) is 0 Å². The van der Waals surface area contributed by atoms with E-state index < -0.39 is 18.0 Å². The van der Waals surface area contributed by atoms with Gasteiger partial charge in [0, 0.05) is 12.0 Å². The Hall–Kier alpha value is -1.18. The van der Waals surface area contributed by atoms with Crippen molar-refractivity contribution in [3.05, 3.63) is 0 Å². The molecule has 0 saturated carbocycles. The molecule has 0 aromatic rings. The summed E-state index contributed by atoms with van der Waals surface area (Å²) in [5.74, 6) is -3.30. The second-order valence-electron chi connectivity index (χ2n) is 5.64. The lowest BCUT2D eigenvalue weighted by Gasteiger charge is -2.32. The van der Waals surface area contributed by atoms with Crippen molar-refractivity contribution in [2.75, 3.05) is 0 Å². The third-order valence-electron chi connectivity index (χ3n) is 2.74. The molecule has 20 heavy (non-hydrogen) atoms. The number of carbonyl (C=O) groups is 2. The van der Waals surface area contributed by atoms with Gasteiger partial charge in [-0.05, 0) is 27.7 Å². The minimum atomic E-state index is -2.38. The van der Waals surface area contributed by atoms with Crippen molar-refractivity contribution in [3.63, 3.8) is 0 Å². The van der Waals surface area contributed by atoms with Gasteiger partial charge in [-0.1, -0.05) is 13.8 Å². The van der Waals surface area contributed by atoms with Gasteiger partial charge in [0.25, 0.3) is 0 Å².